The summed E-state index contributed by atoms with van der Waals surface area (Å²) in [5, 5.41) is 0. The van der Waals surface area contributed by atoms with Gasteiger partial charge >= 0.3 is 0 Å². The average molecular weight is 297 g/mol. The van der Waals surface area contributed by atoms with Crippen molar-refractivity contribution >= 4 is 0 Å². The van der Waals surface area contributed by atoms with E-state index in [2.05, 4.69) is 4.98 Å². The first-order valence-corrected chi connectivity index (χ1v) is 6.73. The van der Waals surface area contributed by atoms with Crippen LogP contribution in [0.4, 0.5) is 8.78 Å². The zero-order chi connectivity index (χ0) is 15.5. The Balaban J connectivity index is 2.10. The molecule has 2 aromatic carbocycles. The Bertz CT molecular complexity index is 719. The van der Waals surface area contributed by atoms with Gasteiger partial charge in [-0.15, -0.1) is 0 Å². The minimum atomic E-state index is -0.301. The fraction of sp³-hybridized carbons (Fsp3) is 0.0556. The van der Waals surface area contributed by atoms with Crippen LogP contribution in [0.25, 0.3) is 22.5 Å². The molecule has 0 spiro atoms. The molecular formula is C18H13F2NO. The summed E-state index contributed by atoms with van der Waals surface area (Å²) in [5.74, 6) is 0.0319. The summed E-state index contributed by atoms with van der Waals surface area (Å²) in [6.07, 6.45) is 0. The van der Waals surface area contributed by atoms with E-state index in [1.807, 2.05) is 0 Å². The normalized spacial score (nSPS) is 10.5. The number of ether oxygens (including phenoxy) is 1. The highest BCUT2D eigenvalue weighted by Crippen LogP contribution is 2.28. The molecule has 0 aliphatic heterocycles. The highest BCUT2D eigenvalue weighted by molar-refractivity contribution is 5.68. The first-order chi connectivity index (χ1) is 10.7. The van der Waals surface area contributed by atoms with Crippen LogP contribution in [-0.2, 0) is 0 Å². The number of halogens is 2. The third-order valence-corrected chi connectivity index (χ3v) is 3.31. The SMILES string of the molecule is COc1cc(-c2ccc(F)cc2)nc(-c2ccc(F)cc2)c1. The maximum atomic E-state index is 13.0. The van der Waals surface area contributed by atoms with E-state index in [4.69, 9.17) is 4.74 Å². The fourth-order valence-electron chi connectivity index (χ4n) is 2.16. The van der Waals surface area contributed by atoms with E-state index in [-0.39, 0.29) is 11.6 Å². The van der Waals surface area contributed by atoms with Crippen LogP contribution in [0.1, 0.15) is 0 Å². The average Bonchev–Trinajstić information content (AvgIpc) is 2.55. The van der Waals surface area contributed by atoms with Crippen molar-refractivity contribution in [2.45, 2.75) is 0 Å². The minimum absolute atomic E-state index is 0.301. The lowest BCUT2D eigenvalue weighted by molar-refractivity contribution is 0.414. The Labute approximate surface area is 127 Å². The second-order valence-corrected chi connectivity index (χ2v) is 4.79. The zero-order valence-corrected chi connectivity index (χ0v) is 11.9. The van der Waals surface area contributed by atoms with E-state index < -0.39 is 0 Å². The van der Waals surface area contributed by atoms with Gasteiger partial charge in [0.05, 0.1) is 18.5 Å². The van der Waals surface area contributed by atoms with Crippen molar-refractivity contribution in [1.82, 2.24) is 4.98 Å². The topological polar surface area (TPSA) is 22.1 Å². The van der Waals surface area contributed by atoms with Crippen LogP contribution < -0.4 is 4.74 Å². The summed E-state index contributed by atoms with van der Waals surface area (Å²) >= 11 is 0. The lowest BCUT2D eigenvalue weighted by Crippen LogP contribution is -1.92. The molecule has 0 aliphatic rings. The number of pyridine rings is 1. The van der Waals surface area contributed by atoms with Gasteiger partial charge in [-0.05, 0) is 48.5 Å². The highest BCUT2D eigenvalue weighted by Gasteiger charge is 2.08. The third kappa shape index (κ3) is 2.96. The molecule has 1 aromatic heterocycles. The summed E-state index contributed by atoms with van der Waals surface area (Å²) in [5.41, 5.74) is 2.89. The van der Waals surface area contributed by atoms with Crippen molar-refractivity contribution in [3.05, 3.63) is 72.3 Å². The molecule has 0 saturated carbocycles. The maximum Gasteiger partial charge on any atom is 0.123 e. The molecule has 0 aliphatic carbocycles. The monoisotopic (exact) mass is 297 g/mol. The van der Waals surface area contributed by atoms with Gasteiger partial charge < -0.3 is 4.74 Å². The number of hydrogen-bond acceptors (Lipinski definition) is 2. The Morgan fingerprint density at radius 1 is 0.727 bits per heavy atom. The van der Waals surface area contributed by atoms with Gasteiger partial charge in [-0.1, -0.05) is 0 Å². The van der Waals surface area contributed by atoms with Crippen molar-refractivity contribution in [2.24, 2.45) is 0 Å². The number of hydrogen-bond donors (Lipinski definition) is 0. The van der Waals surface area contributed by atoms with E-state index >= 15 is 0 Å². The molecule has 110 valence electrons. The molecule has 0 saturated heterocycles. The van der Waals surface area contributed by atoms with Crippen molar-refractivity contribution in [2.75, 3.05) is 7.11 Å². The quantitative estimate of drug-likeness (QED) is 0.699. The fourth-order valence-corrected chi connectivity index (χ4v) is 2.16. The zero-order valence-electron chi connectivity index (χ0n) is 11.9. The lowest BCUT2D eigenvalue weighted by Gasteiger charge is -2.09. The number of rotatable bonds is 3. The Hall–Kier alpha value is -2.75. The maximum absolute atomic E-state index is 13.0. The number of methoxy groups -OCH3 is 1. The predicted molar refractivity (Wildman–Crippen MR) is 81.6 cm³/mol. The number of nitrogens with zero attached hydrogens (tertiary/aromatic N) is 1. The Morgan fingerprint density at radius 3 is 1.50 bits per heavy atom. The molecule has 0 N–H and O–H groups in total. The number of aromatic nitrogens is 1. The molecule has 22 heavy (non-hydrogen) atoms. The Morgan fingerprint density at radius 2 is 1.14 bits per heavy atom. The van der Waals surface area contributed by atoms with E-state index in [0.717, 1.165) is 11.1 Å². The van der Waals surface area contributed by atoms with Gasteiger partial charge in [0.15, 0.2) is 0 Å². The van der Waals surface area contributed by atoms with Gasteiger partial charge in [0.2, 0.25) is 0 Å². The van der Waals surface area contributed by atoms with Gasteiger partial charge in [-0.2, -0.15) is 0 Å². The molecule has 1 heterocycles. The van der Waals surface area contributed by atoms with Crippen LogP contribution in [-0.4, -0.2) is 12.1 Å². The summed E-state index contributed by atoms with van der Waals surface area (Å²) in [6, 6.07) is 15.7. The third-order valence-electron chi connectivity index (χ3n) is 3.31. The molecule has 3 rings (SSSR count). The molecule has 4 heteroatoms. The molecule has 0 amide bonds. The molecular weight excluding hydrogens is 284 g/mol. The van der Waals surface area contributed by atoms with Gasteiger partial charge in [0.25, 0.3) is 0 Å². The minimum Gasteiger partial charge on any atom is -0.497 e. The standard InChI is InChI=1S/C18H13F2NO/c1-22-16-10-17(12-2-6-14(19)7-3-12)21-18(11-16)13-4-8-15(20)9-5-13/h2-11H,1H3. The largest absolute Gasteiger partial charge is 0.497 e. The summed E-state index contributed by atoms with van der Waals surface area (Å²) in [4.78, 5) is 4.56. The predicted octanol–water partition coefficient (Wildman–Crippen LogP) is 4.70. The molecule has 3 aromatic rings. The van der Waals surface area contributed by atoms with Crippen LogP contribution in [0.2, 0.25) is 0 Å². The summed E-state index contributed by atoms with van der Waals surface area (Å²) in [6.45, 7) is 0. The van der Waals surface area contributed by atoms with Crippen LogP contribution in [0.5, 0.6) is 5.75 Å². The van der Waals surface area contributed by atoms with Crippen LogP contribution in [0, 0.1) is 11.6 Å². The highest BCUT2D eigenvalue weighted by atomic mass is 19.1. The van der Waals surface area contributed by atoms with Crippen molar-refractivity contribution < 1.29 is 13.5 Å². The summed E-state index contributed by atoms with van der Waals surface area (Å²) in [7, 11) is 1.57. The van der Waals surface area contributed by atoms with Crippen molar-refractivity contribution in [1.29, 1.82) is 0 Å². The first kappa shape index (κ1) is 14.2. The van der Waals surface area contributed by atoms with Crippen LogP contribution in [0.3, 0.4) is 0 Å². The molecule has 0 bridgehead atoms. The number of benzene rings is 2. The summed E-state index contributed by atoms with van der Waals surface area (Å²) < 4.78 is 31.4. The van der Waals surface area contributed by atoms with Gasteiger partial charge in [0, 0.05) is 23.3 Å². The Kier molecular flexibility index (Phi) is 3.83. The second-order valence-electron chi connectivity index (χ2n) is 4.79. The molecule has 0 atom stereocenters. The van der Waals surface area contributed by atoms with Crippen molar-refractivity contribution in [3.63, 3.8) is 0 Å². The molecule has 0 radical (unpaired) electrons. The first-order valence-electron chi connectivity index (χ1n) is 6.73. The molecule has 0 unspecified atom stereocenters. The molecule has 2 nitrogen and oxygen atoms in total. The van der Waals surface area contributed by atoms with Crippen LogP contribution >= 0.6 is 0 Å². The lowest BCUT2D eigenvalue weighted by atomic mass is 10.1. The van der Waals surface area contributed by atoms with E-state index in [0.29, 0.717) is 17.1 Å². The van der Waals surface area contributed by atoms with Crippen molar-refractivity contribution in [3.8, 4) is 28.3 Å². The van der Waals surface area contributed by atoms with Gasteiger partial charge in [0.1, 0.15) is 17.4 Å². The molecule has 0 fully saturated rings. The smallest absolute Gasteiger partial charge is 0.123 e. The van der Waals surface area contributed by atoms with E-state index in [1.54, 1.807) is 43.5 Å². The van der Waals surface area contributed by atoms with E-state index in [9.17, 15) is 8.78 Å². The second kappa shape index (κ2) is 5.93. The van der Waals surface area contributed by atoms with E-state index in [1.165, 1.54) is 24.3 Å². The van der Waals surface area contributed by atoms with Gasteiger partial charge in [-0.3, -0.25) is 0 Å². The van der Waals surface area contributed by atoms with Crippen LogP contribution in [0.15, 0.2) is 60.7 Å². The van der Waals surface area contributed by atoms with Gasteiger partial charge in [-0.25, -0.2) is 13.8 Å².